The van der Waals surface area contributed by atoms with E-state index in [-0.39, 0.29) is 11.8 Å². The first-order valence-electron chi connectivity index (χ1n) is 7.72. The van der Waals surface area contributed by atoms with Gasteiger partial charge in [-0.25, -0.2) is 9.97 Å². The van der Waals surface area contributed by atoms with Crippen LogP contribution in [-0.4, -0.2) is 46.3 Å². The van der Waals surface area contributed by atoms with Crippen LogP contribution in [0.2, 0.25) is 0 Å². The Morgan fingerprint density at radius 1 is 1.27 bits per heavy atom. The van der Waals surface area contributed by atoms with Gasteiger partial charge in [-0.1, -0.05) is 0 Å². The van der Waals surface area contributed by atoms with Gasteiger partial charge in [0.2, 0.25) is 17.8 Å². The van der Waals surface area contributed by atoms with E-state index >= 15 is 0 Å². The second-order valence-electron chi connectivity index (χ2n) is 5.60. The lowest BCUT2D eigenvalue weighted by molar-refractivity contribution is -0.132. The molecule has 0 spiro atoms. The fourth-order valence-corrected chi connectivity index (χ4v) is 2.66. The molecule has 1 aromatic heterocycles. The molecule has 22 heavy (non-hydrogen) atoms. The Hall–Kier alpha value is -2.18. The van der Waals surface area contributed by atoms with Gasteiger partial charge < -0.3 is 16.0 Å². The van der Waals surface area contributed by atoms with Gasteiger partial charge in [0.1, 0.15) is 0 Å². The number of rotatable bonds is 7. The summed E-state index contributed by atoms with van der Waals surface area (Å²) in [5, 5.41) is 3.09. The molecule has 0 saturated carbocycles. The van der Waals surface area contributed by atoms with Crippen molar-refractivity contribution in [2.45, 2.75) is 32.1 Å². The number of carbonyl (C=O) groups is 2. The summed E-state index contributed by atoms with van der Waals surface area (Å²) < 4.78 is 0. The third-order valence-corrected chi connectivity index (χ3v) is 3.87. The van der Waals surface area contributed by atoms with Gasteiger partial charge in [0, 0.05) is 44.9 Å². The number of aromatic nitrogens is 2. The van der Waals surface area contributed by atoms with E-state index in [9.17, 15) is 9.59 Å². The Morgan fingerprint density at radius 2 is 1.95 bits per heavy atom. The molecule has 0 aromatic carbocycles. The first-order valence-corrected chi connectivity index (χ1v) is 7.72. The Morgan fingerprint density at radius 3 is 2.59 bits per heavy atom. The highest BCUT2D eigenvalue weighted by molar-refractivity contribution is 5.76. The number of nitrogens with one attached hydrogen (secondary N) is 1. The Kier molecular flexibility index (Phi) is 6.12. The molecule has 2 heterocycles. The van der Waals surface area contributed by atoms with Crippen molar-refractivity contribution < 1.29 is 9.59 Å². The molecular weight excluding hydrogens is 282 g/mol. The molecule has 1 saturated heterocycles. The van der Waals surface area contributed by atoms with Gasteiger partial charge in [0.15, 0.2) is 0 Å². The van der Waals surface area contributed by atoms with Gasteiger partial charge in [-0.15, -0.1) is 0 Å². The molecule has 7 nitrogen and oxygen atoms in total. The number of primary amides is 1. The minimum absolute atomic E-state index is 0.174. The molecule has 2 amide bonds. The van der Waals surface area contributed by atoms with E-state index in [1.807, 2.05) is 4.90 Å². The zero-order valence-corrected chi connectivity index (χ0v) is 12.7. The number of nitrogens with two attached hydrogens (primary N) is 1. The highest BCUT2D eigenvalue weighted by atomic mass is 16.2. The molecule has 1 aromatic rings. The standard InChI is InChI=1S/C15H23N5O2/c16-13(21)11-12-4-9-20(10-5-12)14(22)3-1-6-17-15-18-7-2-8-19-15/h2,7-8,12H,1,3-6,9-11H2,(H2,16,21)(H,17,18,19). The lowest BCUT2D eigenvalue weighted by Gasteiger charge is -2.31. The molecular formula is C15H23N5O2. The average molecular weight is 305 g/mol. The molecule has 0 aliphatic carbocycles. The van der Waals surface area contributed by atoms with Crippen LogP contribution in [0.4, 0.5) is 5.95 Å². The van der Waals surface area contributed by atoms with Crippen LogP contribution in [0.25, 0.3) is 0 Å². The Balaban J connectivity index is 1.61. The SMILES string of the molecule is NC(=O)CC1CCN(C(=O)CCCNc2ncccn2)CC1. The second kappa shape index (κ2) is 8.31. The molecule has 0 unspecified atom stereocenters. The van der Waals surface area contributed by atoms with Gasteiger partial charge >= 0.3 is 0 Å². The molecule has 0 bridgehead atoms. The minimum Gasteiger partial charge on any atom is -0.370 e. The smallest absolute Gasteiger partial charge is 0.222 e. The number of anilines is 1. The predicted molar refractivity (Wildman–Crippen MR) is 82.9 cm³/mol. The van der Waals surface area contributed by atoms with Crippen LogP contribution in [0.1, 0.15) is 32.1 Å². The van der Waals surface area contributed by atoms with Gasteiger partial charge in [-0.05, 0) is 31.2 Å². The zero-order valence-electron chi connectivity index (χ0n) is 12.7. The van der Waals surface area contributed by atoms with E-state index < -0.39 is 0 Å². The highest BCUT2D eigenvalue weighted by Crippen LogP contribution is 2.20. The summed E-state index contributed by atoms with van der Waals surface area (Å²) in [6.45, 7) is 2.13. The fourth-order valence-electron chi connectivity index (χ4n) is 2.66. The second-order valence-corrected chi connectivity index (χ2v) is 5.60. The van der Waals surface area contributed by atoms with E-state index in [1.165, 1.54) is 0 Å². The summed E-state index contributed by atoms with van der Waals surface area (Å²) in [7, 11) is 0. The molecule has 7 heteroatoms. The van der Waals surface area contributed by atoms with Gasteiger partial charge in [-0.2, -0.15) is 0 Å². The molecule has 0 radical (unpaired) electrons. The van der Waals surface area contributed by atoms with Crippen molar-refractivity contribution in [2.24, 2.45) is 11.7 Å². The van der Waals surface area contributed by atoms with E-state index in [1.54, 1.807) is 18.5 Å². The fraction of sp³-hybridized carbons (Fsp3) is 0.600. The van der Waals surface area contributed by atoms with E-state index in [4.69, 9.17) is 5.73 Å². The van der Waals surface area contributed by atoms with Crippen molar-refractivity contribution in [3.05, 3.63) is 18.5 Å². The van der Waals surface area contributed by atoms with E-state index in [2.05, 4.69) is 15.3 Å². The molecule has 1 aliphatic rings. The van der Waals surface area contributed by atoms with Crippen LogP contribution < -0.4 is 11.1 Å². The minimum atomic E-state index is -0.251. The van der Waals surface area contributed by atoms with Crippen molar-refractivity contribution in [3.8, 4) is 0 Å². The molecule has 0 atom stereocenters. The third kappa shape index (κ3) is 5.31. The van der Waals surface area contributed by atoms with Crippen molar-refractivity contribution in [3.63, 3.8) is 0 Å². The van der Waals surface area contributed by atoms with Crippen LogP contribution >= 0.6 is 0 Å². The number of hydrogen-bond acceptors (Lipinski definition) is 5. The third-order valence-electron chi connectivity index (χ3n) is 3.87. The summed E-state index contributed by atoms with van der Waals surface area (Å²) in [5.74, 6) is 0.841. The first-order chi connectivity index (χ1) is 10.6. The number of hydrogen-bond donors (Lipinski definition) is 2. The number of carbonyl (C=O) groups excluding carboxylic acids is 2. The normalized spacial score (nSPS) is 15.5. The van der Waals surface area contributed by atoms with Gasteiger partial charge in [0.25, 0.3) is 0 Å². The van der Waals surface area contributed by atoms with Crippen LogP contribution in [0.15, 0.2) is 18.5 Å². The molecule has 1 fully saturated rings. The lowest BCUT2D eigenvalue weighted by Crippen LogP contribution is -2.39. The maximum absolute atomic E-state index is 12.1. The average Bonchev–Trinajstić information content (AvgIpc) is 2.52. The molecule has 120 valence electrons. The summed E-state index contributed by atoms with van der Waals surface area (Å²) in [6.07, 6.45) is 6.78. The largest absolute Gasteiger partial charge is 0.370 e. The highest BCUT2D eigenvalue weighted by Gasteiger charge is 2.23. The van der Waals surface area contributed by atoms with Gasteiger partial charge in [-0.3, -0.25) is 9.59 Å². The Bertz CT molecular complexity index is 486. The number of nitrogens with zero attached hydrogens (tertiary/aromatic N) is 3. The van der Waals surface area contributed by atoms with Crippen LogP contribution in [0.3, 0.4) is 0 Å². The summed E-state index contributed by atoms with van der Waals surface area (Å²) in [5.41, 5.74) is 5.21. The summed E-state index contributed by atoms with van der Waals surface area (Å²) in [4.78, 5) is 33.0. The lowest BCUT2D eigenvalue weighted by atomic mass is 9.93. The quantitative estimate of drug-likeness (QED) is 0.725. The van der Waals surface area contributed by atoms with E-state index in [0.29, 0.717) is 31.3 Å². The molecule has 3 N–H and O–H groups in total. The number of amides is 2. The predicted octanol–water partition coefficient (Wildman–Crippen LogP) is 0.783. The van der Waals surface area contributed by atoms with Crippen molar-refractivity contribution in [1.29, 1.82) is 0 Å². The summed E-state index contributed by atoms with van der Waals surface area (Å²) >= 11 is 0. The van der Waals surface area contributed by atoms with Crippen LogP contribution in [0, 0.1) is 5.92 Å². The van der Waals surface area contributed by atoms with Crippen molar-refractivity contribution in [2.75, 3.05) is 25.0 Å². The number of piperidine rings is 1. The maximum Gasteiger partial charge on any atom is 0.222 e. The number of likely N-dealkylation sites (tertiary alicyclic amines) is 1. The van der Waals surface area contributed by atoms with Crippen LogP contribution in [0.5, 0.6) is 0 Å². The monoisotopic (exact) mass is 305 g/mol. The van der Waals surface area contributed by atoms with Gasteiger partial charge in [0.05, 0.1) is 0 Å². The van der Waals surface area contributed by atoms with Crippen LogP contribution in [-0.2, 0) is 9.59 Å². The van der Waals surface area contributed by atoms with Crippen molar-refractivity contribution in [1.82, 2.24) is 14.9 Å². The van der Waals surface area contributed by atoms with Crippen molar-refractivity contribution >= 4 is 17.8 Å². The molecule has 2 rings (SSSR count). The first kappa shape index (κ1) is 16.2. The maximum atomic E-state index is 12.1. The van der Waals surface area contributed by atoms with E-state index in [0.717, 1.165) is 32.4 Å². The summed E-state index contributed by atoms with van der Waals surface area (Å²) in [6, 6.07) is 1.76. The topological polar surface area (TPSA) is 101 Å². The molecule has 1 aliphatic heterocycles. The zero-order chi connectivity index (χ0) is 15.8. The Labute approximate surface area is 130 Å².